The lowest BCUT2D eigenvalue weighted by Gasteiger charge is -2.28. The quantitative estimate of drug-likeness (QED) is 0.474. The van der Waals surface area contributed by atoms with Gasteiger partial charge in [0.05, 0.1) is 0 Å². The van der Waals surface area contributed by atoms with Gasteiger partial charge in [0.25, 0.3) is 0 Å². The first-order valence-electron chi connectivity index (χ1n) is 6.39. The molecule has 22 heavy (non-hydrogen) atoms. The number of alkyl halides is 7. The van der Waals surface area contributed by atoms with Crippen LogP contribution in [0.25, 0.3) is 0 Å². The monoisotopic (exact) mass is 358 g/mol. The number of halogens is 7. The van der Waals surface area contributed by atoms with Crippen molar-refractivity contribution < 1.29 is 40.6 Å². The molecule has 0 fully saturated rings. The second-order valence-corrected chi connectivity index (χ2v) is 6.52. The number of hydrogen-bond acceptors (Lipinski definition) is 2. The van der Waals surface area contributed by atoms with Crippen molar-refractivity contribution in [3.05, 3.63) is 0 Å². The molecule has 0 aliphatic heterocycles. The summed E-state index contributed by atoms with van der Waals surface area (Å²) in [6.45, 7) is 3.49. The summed E-state index contributed by atoms with van der Waals surface area (Å²) in [5.41, 5.74) is 0. The van der Waals surface area contributed by atoms with Gasteiger partial charge in [0, 0.05) is 6.42 Å². The molecule has 1 atom stereocenters. The van der Waals surface area contributed by atoms with E-state index in [0.717, 1.165) is 11.8 Å². The van der Waals surface area contributed by atoms with Crippen molar-refractivity contribution in [1.82, 2.24) is 0 Å². The largest absolute Gasteiger partial charge is 0.480 e. The molecule has 0 bridgehead atoms. The molecule has 0 rings (SSSR count). The van der Waals surface area contributed by atoms with Gasteiger partial charge in [-0.05, 0) is 24.5 Å². The van der Waals surface area contributed by atoms with Crippen LogP contribution in [-0.2, 0) is 4.79 Å². The van der Waals surface area contributed by atoms with E-state index in [0.29, 0.717) is 0 Å². The molecule has 132 valence electrons. The SMILES string of the molecule is CC(C)CC(SCCCC(F)(F)C(F)(F)C(F)(F)F)C(=O)O. The van der Waals surface area contributed by atoms with Crippen LogP contribution < -0.4 is 0 Å². The van der Waals surface area contributed by atoms with Crippen LogP contribution in [0, 0.1) is 5.92 Å². The minimum absolute atomic E-state index is 0.0182. The van der Waals surface area contributed by atoms with Gasteiger partial charge >= 0.3 is 24.0 Å². The van der Waals surface area contributed by atoms with Crippen molar-refractivity contribution in [2.24, 2.45) is 5.92 Å². The average Bonchev–Trinajstić information content (AvgIpc) is 2.30. The van der Waals surface area contributed by atoms with E-state index in [1.807, 2.05) is 0 Å². The molecule has 0 aliphatic rings. The Morgan fingerprint density at radius 2 is 1.59 bits per heavy atom. The molecular weight excluding hydrogens is 341 g/mol. The van der Waals surface area contributed by atoms with Crippen molar-refractivity contribution in [2.75, 3.05) is 5.75 Å². The van der Waals surface area contributed by atoms with Gasteiger partial charge < -0.3 is 5.11 Å². The maximum atomic E-state index is 13.0. The molecule has 10 heteroatoms. The van der Waals surface area contributed by atoms with Gasteiger partial charge in [-0.3, -0.25) is 4.79 Å². The first-order chi connectivity index (χ1) is 9.72. The van der Waals surface area contributed by atoms with Crippen molar-refractivity contribution in [3.63, 3.8) is 0 Å². The number of carboxylic acids is 1. The van der Waals surface area contributed by atoms with Gasteiger partial charge in [-0.1, -0.05) is 13.8 Å². The smallest absolute Gasteiger partial charge is 0.459 e. The second kappa shape index (κ2) is 7.74. The summed E-state index contributed by atoms with van der Waals surface area (Å²) < 4.78 is 86.9. The van der Waals surface area contributed by atoms with E-state index in [9.17, 15) is 35.5 Å². The van der Waals surface area contributed by atoms with E-state index < -0.39 is 42.1 Å². The molecule has 0 amide bonds. The molecule has 1 N–H and O–H groups in total. The van der Waals surface area contributed by atoms with Crippen LogP contribution in [0.4, 0.5) is 30.7 Å². The lowest BCUT2D eigenvalue weighted by atomic mass is 10.1. The zero-order valence-electron chi connectivity index (χ0n) is 11.9. The van der Waals surface area contributed by atoms with Gasteiger partial charge in [0.2, 0.25) is 0 Å². The van der Waals surface area contributed by atoms with E-state index in [2.05, 4.69) is 0 Å². The third-order valence-electron chi connectivity index (χ3n) is 2.73. The number of thioether (sulfide) groups is 1. The fourth-order valence-electron chi connectivity index (χ4n) is 1.55. The number of carboxylic acid groups (broad SMARTS) is 1. The minimum atomic E-state index is -6.33. The van der Waals surface area contributed by atoms with Crippen molar-refractivity contribution in [2.45, 2.75) is 56.4 Å². The van der Waals surface area contributed by atoms with Crippen LogP contribution in [0.3, 0.4) is 0 Å². The normalized spacial score (nSPS) is 15.2. The summed E-state index contributed by atoms with van der Waals surface area (Å²) in [6, 6.07) is 0. The van der Waals surface area contributed by atoms with Crippen LogP contribution in [0.2, 0.25) is 0 Å². The summed E-state index contributed by atoms with van der Waals surface area (Å²) >= 11 is 0.758. The number of carbonyl (C=O) groups is 1. The summed E-state index contributed by atoms with van der Waals surface area (Å²) in [5, 5.41) is 7.97. The van der Waals surface area contributed by atoms with E-state index in [1.54, 1.807) is 13.8 Å². The minimum Gasteiger partial charge on any atom is -0.480 e. The van der Waals surface area contributed by atoms with E-state index in [1.165, 1.54) is 0 Å². The van der Waals surface area contributed by atoms with Gasteiger partial charge in [0.15, 0.2) is 0 Å². The molecule has 0 saturated heterocycles. The third kappa shape index (κ3) is 5.85. The summed E-state index contributed by atoms with van der Waals surface area (Å²) in [6.07, 6.45) is -8.40. The standard InChI is InChI=1S/C12H17F7O2S/c1-7(2)6-8(9(20)21)22-5-3-4-10(13,14)11(15,16)12(17,18)19/h7-8H,3-6H2,1-2H3,(H,20,21). The second-order valence-electron chi connectivity index (χ2n) is 5.21. The summed E-state index contributed by atoms with van der Waals surface area (Å²) in [7, 11) is 0. The van der Waals surface area contributed by atoms with Crippen LogP contribution >= 0.6 is 11.8 Å². The Morgan fingerprint density at radius 3 is 1.95 bits per heavy atom. The molecule has 2 nitrogen and oxygen atoms in total. The van der Waals surface area contributed by atoms with E-state index in [-0.39, 0.29) is 18.1 Å². The maximum absolute atomic E-state index is 13.0. The molecule has 0 saturated carbocycles. The molecule has 0 aliphatic carbocycles. The Labute approximate surface area is 127 Å². The van der Waals surface area contributed by atoms with Crippen molar-refractivity contribution in [3.8, 4) is 0 Å². The fourth-order valence-corrected chi connectivity index (χ4v) is 2.81. The van der Waals surface area contributed by atoms with Gasteiger partial charge in [-0.15, -0.1) is 11.8 Å². The Balaban J connectivity index is 4.48. The predicted octanol–water partition coefficient (Wildman–Crippen LogP) is 4.83. The fraction of sp³-hybridized carbons (Fsp3) is 0.917. The topological polar surface area (TPSA) is 37.3 Å². The van der Waals surface area contributed by atoms with Gasteiger partial charge in [-0.2, -0.15) is 30.7 Å². The van der Waals surface area contributed by atoms with E-state index in [4.69, 9.17) is 5.11 Å². The highest BCUT2D eigenvalue weighted by molar-refractivity contribution is 8.00. The van der Waals surface area contributed by atoms with Crippen LogP contribution in [-0.4, -0.2) is 40.1 Å². The maximum Gasteiger partial charge on any atom is 0.459 e. The summed E-state index contributed by atoms with van der Waals surface area (Å²) in [4.78, 5) is 10.9. The molecular formula is C12H17F7O2S. The molecule has 0 heterocycles. The highest BCUT2D eigenvalue weighted by Gasteiger charge is 2.72. The van der Waals surface area contributed by atoms with Gasteiger partial charge in [0.1, 0.15) is 5.25 Å². The van der Waals surface area contributed by atoms with E-state index >= 15 is 0 Å². The average molecular weight is 358 g/mol. The van der Waals surface area contributed by atoms with Crippen LogP contribution in [0.5, 0.6) is 0 Å². The third-order valence-corrected chi connectivity index (χ3v) is 4.05. The number of aliphatic carboxylic acids is 1. The van der Waals surface area contributed by atoms with Crippen LogP contribution in [0.15, 0.2) is 0 Å². The lowest BCUT2D eigenvalue weighted by molar-refractivity contribution is -0.355. The molecule has 0 spiro atoms. The highest BCUT2D eigenvalue weighted by atomic mass is 32.2. The Hall–Kier alpha value is -0.670. The summed E-state index contributed by atoms with van der Waals surface area (Å²) in [5.74, 6) is -12.7. The zero-order valence-corrected chi connectivity index (χ0v) is 12.7. The van der Waals surface area contributed by atoms with Crippen molar-refractivity contribution >= 4 is 17.7 Å². The van der Waals surface area contributed by atoms with Gasteiger partial charge in [-0.25, -0.2) is 0 Å². The first kappa shape index (κ1) is 21.3. The Bertz CT molecular complexity index is 369. The highest BCUT2D eigenvalue weighted by Crippen LogP contribution is 2.48. The zero-order chi connectivity index (χ0) is 17.8. The number of rotatable bonds is 9. The molecule has 0 radical (unpaired) electrons. The number of hydrogen-bond donors (Lipinski definition) is 1. The molecule has 0 aromatic rings. The molecule has 0 aromatic heterocycles. The Morgan fingerprint density at radius 1 is 1.09 bits per heavy atom. The predicted molar refractivity (Wildman–Crippen MR) is 68.5 cm³/mol. The first-order valence-corrected chi connectivity index (χ1v) is 7.44. The Kier molecular flexibility index (Phi) is 7.50. The molecule has 0 aromatic carbocycles. The lowest BCUT2D eigenvalue weighted by Crippen LogP contribution is -2.51. The van der Waals surface area contributed by atoms with Crippen molar-refractivity contribution in [1.29, 1.82) is 0 Å². The van der Waals surface area contributed by atoms with Crippen LogP contribution in [0.1, 0.15) is 33.1 Å². The molecule has 1 unspecified atom stereocenters.